The number of hydrogen-bond acceptors (Lipinski definition) is 5. The number of aromatic nitrogens is 3. The smallest absolute Gasteiger partial charge is 0.270 e. The lowest BCUT2D eigenvalue weighted by molar-refractivity contribution is 0.0945. The van der Waals surface area contributed by atoms with E-state index >= 15 is 0 Å². The highest BCUT2D eigenvalue weighted by Crippen LogP contribution is 2.40. The van der Waals surface area contributed by atoms with Crippen molar-refractivity contribution < 1.29 is 4.79 Å². The van der Waals surface area contributed by atoms with Crippen LogP contribution in [0.1, 0.15) is 39.3 Å². The number of amides is 1. The molecule has 7 nitrogen and oxygen atoms in total. The molecule has 0 saturated carbocycles. The predicted molar refractivity (Wildman–Crippen MR) is 98.3 cm³/mol. The van der Waals surface area contributed by atoms with Gasteiger partial charge in [-0.3, -0.25) is 9.59 Å². The zero-order valence-electron chi connectivity index (χ0n) is 15.1. The highest BCUT2D eigenvalue weighted by molar-refractivity contribution is 5.94. The lowest BCUT2D eigenvalue weighted by Crippen LogP contribution is -2.30. The van der Waals surface area contributed by atoms with Crippen molar-refractivity contribution in [3.8, 4) is 0 Å². The summed E-state index contributed by atoms with van der Waals surface area (Å²) in [5, 5.41) is 2.82. The lowest BCUT2D eigenvalue weighted by Gasteiger charge is -2.21. The highest BCUT2D eigenvalue weighted by Gasteiger charge is 2.38. The van der Waals surface area contributed by atoms with Crippen LogP contribution in [0.2, 0.25) is 0 Å². The van der Waals surface area contributed by atoms with Gasteiger partial charge in [-0.2, -0.15) is 0 Å². The summed E-state index contributed by atoms with van der Waals surface area (Å²) in [5.41, 5.74) is 4.61. The molecule has 1 aliphatic heterocycles. The van der Waals surface area contributed by atoms with Gasteiger partial charge in [-0.15, -0.1) is 0 Å². The SMILES string of the molecule is Cc1cc(C)c(CNC(=O)c2ncnc(N3CCC4=C[C@H]43)c2C)c(=O)[nH]1. The Balaban J connectivity index is 1.53. The minimum Gasteiger partial charge on any atom is -0.346 e. The van der Waals surface area contributed by atoms with Crippen LogP contribution in [0.4, 0.5) is 5.82 Å². The Labute approximate surface area is 151 Å². The summed E-state index contributed by atoms with van der Waals surface area (Å²) in [6.45, 7) is 6.66. The summed E-state index contributed by atoms with van der Waals surface area (Å²) in [4.78, 5) is 38.3. The quantitative estimate of drug-likeness (QED) is 0.816. The van der Waals surface area contributed by atoms with E-state index in [1.165, 1.54) is 11.9 Å². The number of fused-ring (bicyclic) bond motifs is 1. The molecule has 2 N–H and O–H groups in total. The first-order valence-electron chi connectivity index (χ1n) is 8.72. The van der Waals surface area contributed by atoms with E-state index in [9.17, 15) is 9.59 Å². The number of carbonyl (C=O) groups is 1. The fourth-order valence-electron chi connectivity index (χ4n) is 3.62. The minimum atomic E-state index is -0.297. The third-order valence-electron chi connectivity index (χ3n) is 5.08. The maximum absolute atomic E-state index is 12.6. The largest absolute Gasteiger partial charge is 0.346 e. The summed E-state index contributed by atoms with van der Waals surface area (Å²) >= 11 is 0. The monoisotopic (exact) mass is 351 g/mol. The molecule has 4 rings (SSSR count). The van der Waals surface area contributed by atoms with Gasteiger partial charge >= 0.3 is 0 Å². The number of pyridine rings is 1. The highest BCUT2D eigenvalue weighted by atomic mass is 16.2. The van der Waals surface area contributed by atoms with E-state index in [0.29, 0.717) is 17.3 Å². The van der Waals surface area contributed by atoms with Gasteiger partial charge < -0.3 is 15.2 Å². The third-order valence-corrected chi connectivity index (χ3v) is 5.08. The Morgan fingerprint density at radius 2 is 2.15 bits per heavy atom. The molecule has 2 aromatic rings. The summed E-state index contributed by atoms with van der Waals surface area (Å²) < 4.78 is 0. The zero-order chi connectivity index (χ0) is 18.4. The van der Waals surface area contributed by atoms with Gasteiger partial charge in [-0.05, 0) is 44.4 Å². The van der Waals surface area contributed by atoms with Crippen LogP contribution in [-0.4, -0.2) is 33.4 Å². The predicted octanol–water partition coefficient (Wildman–Crippen LogP) is 1.54. The van der Waals surface area contributed by atoms with Crippen LogP contribution in [0.5, 0.6) is 0 Å². The van der Waals surface area contributed by atoms with Crippen LogP contribution in [-0.2, 0) is 6.54 Å². The number of nitrogens with one attached hydrogen (secondary N) is 2. The fourth-order valence-corrected chi connectivity index (χ4v) is 3.62. The number of anilines is 1. The number of rotatable bonds is 4. The molecule has 1 saturated heterocycles. The lowest BCUT2D eigenvalue weighted by atomic mass is 10.1. The van der Waals surface area contributed by atoms with Crippen molar-refractivity contribution in [2.75, 3.05) is 11.4 Å². The van der Waals surface area contributed by atoms with E-state index < -0.39 is 0 Å². The molecule has 0 aromatic carbocycles. The van der Waals surface area contributed by atoms with Crippen molar-refractivity contribution in [2.45, 2.75) is 39.8 Å². The molecule has 1 atom stereocenters. The van der Waals surface area contributed by atoms with Gasteiger partial charge in [0.1, 0.15) is 17.8 Å². The number of aryl methyl sites for hydroxylation is 2. The van der Waals surface area contributed by atoms with Crippen molar-refractivity contribution in [2.24, 2.45) is 0 Å². The molecule has 2 aliphatic rings. The van der Waals surface area contributed by atoms with E-state index in [4.69, 9.17) is 0 Å². The number of nitrogens with zero attached hydrogens (tertiary/aromatic N) is 3. The Morgan fingerprint density at radius 3 is 2.81 bits per heavy atom. The molecule has 0 spiro atoms. The Kier molecular flexibility index (Phi) is 3.86. The molecule has 1 aliphatic carbocycles. The molecular formula is C19H21N5O2. The van der Waals surface area contributed by atoms with Crippen molar-refractivity contribution in [1.82, 2.24) is 20.3 Å². The Hall–Kier alpha value is -2.96. The normalized spacial score (nSPS) is 17.7. The van der Waals surface area contributed by atoms with E-state index in [1.807, 2.05) is 26.8 Å². The van der Waals surface area contributed by atoms with Crippen molar-refractivity contribution in [3.05, 3.63) is 62.5 Å². The van der Waals surface area contributed by atoms with Gasteiger partial charge in [0.25, 0.3) is 11.5 Å². The van der Waals surface area contributed by atoms with Crippen LogP contribution in [0.15, 0.2) is 28.8 Å². The maximum atomic E-state index is 12.6. The molecule has 3 heterocycles. The first-order chi connectivity index (χ1) is 12.5. The summed E-state index contributed by atoms with van der Waals surface area (Å²) in [7, 11) is 0. The Morgan fingerprint density at radius 1 is 1.35 bits per heavy atom. The van der Waals surface area contributed by atoms with Gasteiger partial charge in [0, 0.05) is 29.9 Å². The molecule has 26 heavy (non-hydrogen) atoms. The molecule has 1 amide bonds. The van der Waals surface area contributed by atoms with E-state index in [1.54, 1.807) is 0 Å². The standard InChI is InChI=1S/C19H21N5O2/c1-10-6-11(2)23-18(25)14(10)8-20-19(26)16-12(3)17(22-9-21-16)24-5-4-13-7-15(13)24/h6-7,9,15H,4-5,8H2,1-3H3,(H,20,26)(H,23,25)/t15-/m1/s1. The molecule has 0 radical (unpaired) electrons. The number of H-pyrrole nitrogens is 1. The fraction of sp³-hybridized carbons (Fsp3) is 0.368. The van der Waals surface area contributed by atoms with Crippen LogP contribution in [0.25, 0.3) is 0 Å². The third kappa shape index (κ3) is 2.79. The van der Waals surface area contributed by atoms with Crippen LogP contribution >= 0.6 is 0 Å². The first-order valence-corrected chi connectivity index (χ1v) is 8.72. The van der Waals surface area contributed by atoms with Crippen molar-refractivity contribution in [1.29, 1.82) is 0 Å². The zero-order valence-corrected chi connectivity index (χ0v) is 15.1. The molecule has 7 heteroatoms. The minimum absolute atomic E-state index is 0.164. The van der Waals surface area contributed by atoms with Gasteiger partial charge in [-0.25, -0.2) is 9.97 Å². The second-order valence-corrected chi connectivity index (χ2v) is 6.93. The van der Waals surface area contributed by atoms with Gasteiger partial charge in [0.2, 0.25) is 0 Å². The average molecular weight is 351 g/mol. The van der Waals surface area contributed by atoms with E-state index in [0.717, 1.165) is 35.6 Å². The molecule has 1 fully saturated rings. The second-order valence-electron chi connectivity index (χ2n) is 6.93. The number of carbonyl (C=O) groups excluding carboxylic acids is 1. The summed E-state index contributed by atoms with van der Waals surface area (Å²) in [6.07, 6.45) is 4.71. The second kappa shape index (κ2) is 6.09. The Bertz CT molecular complexity index is 992. The van der Waals surface area contributed by atoms with Crippen molar-refractivity contribution >= 4 is 11.7 Å². The molecule has 0 unspecified atom stereocenters. The molecule has 2 aromatic heterocycles. The molecular weight excluding hydrogens is 330 g/mol. The topological polar surface area (TPSA) is 91.0 Å². The number of hydrogen-bond donors (Lipinski definition) is 2. The van der Waals surface area contributed by atoms with Crippen LogP contribution < -0.4 is 15.8 Å². The summed E-state index contributed by atoms with van der Waals surface area (Å²) in [6, 6.07) is 2.26. The van der Waals surface area contributed by atoms with E-state index in [2.05, 4.69) is 31.2 Å². The van der Waals surface area contributed by atoms with Crippen molar-refractivity contribution in [3.63, 3.8) is 0 Å². The van der Waals surface area contributed by atoms with Gasteiger partial charge in [0.15, 0.2) is 0 Å². The molecule has 134 valence electrons. The summed E-state index contributed by atoms with van der Waals surface area (Å²) in [5.74, 6) is 0.511. The van der Waals surface area contributed by atoms with Gasteiger partial charge in [0.05, 0.1) is 6.04 Å². The average Bonchev–Trinajstić information content (AvgIpc) is 3.25. The number of aromatic amines is 1. The van der Waals surface area contributed by atoms with Crippen LogP contribution in [0, 0.1) is 20.8 Å². The van der Waals surface area contributed by atoms with Gasteiger partial charge in [-0.1, -0.05) is 6.08 Å². The maximum Gasteiger partial charge on any atom is 0.270 e. The molecule has 0 bridgehead atoms. The van der Waals surface area contributed by atoms with Crippen LogP contribution in [0.3, 0.4) is 0 Å². The first kappa shape index (κ1) is 16.5. The van der Waals surface area contributed by atoms with E-state index in [-0.39, 0.29) is 18.0 Å².